The van der Waals surface area contributed by atoms with Crippen LogP contribution in [0.25, 0.3) is 10.8 Å². The molecule has 106 valence electrons. The zero-order valence-electron chi connectivity index (χ0n) is 12.3. The third-order valence-electron chi connectivity index (χ3n) is 3.89. The first-order valence-corrected chi connectivity index (χ1v) is 6.98. The van der Waals surface area contributed by atoms with E-state index in [1.807, 2.05) is 0 Å². The molecule has 1 N–H and O–H groups in total. The summed E-state index contributed by atoms with van der Waals surface area (Å²) < 4.78 is 5.46. The van der Waals surface area contributed by atoms with Crippen LogP contribution in [0, 0.1) is 0 Å². The fourth-order valence-electron chi connectivity index (χ4n) is 3.17. The normalized spacial score (nSPS) is 14.8. The van der Waals surface area contributed by atoms with Gasteiger partial charge >= 0.3 is 0 Å². The van der Waals surface area contributed by atoms with Gasteiger partial charge in [-0.25, -0.2) is 0 Å². The summed E-state index contributed by atoms with van der Waals surface area (Å²) in [5, 5.41) is 4.54. The number of fused-ring (bicyclic) bond motifs is 3. The summed E-state index contributed by atoms with van der Waals surface area (Å²) in [5.74, 6) is 0.542. The molecule has 0 amide bonds. The highest BCUT2D eigenvalue weighted by Crippen LogP contribution is 2.43. The first-order valence-electron chi connectivity index (χ1n) is 6.98. The predicted molar refractivity (Wildman–Crippen MR) is 80.8 cm³/mol. The average molecular weight is 273 g/mol. The van der Waals surface area contributed by atoms with Gasteiger partial charge in [0.2, 0.25) is 10.9 Å². The number of hydrogen-bond donors (Lipinski definition) is 1. The van der Waals surface area contributed by atoms with Crippen molar-refractivity contribution >= 4 is 16.5 Å². The Labute approximate surface area is 117 Å². The third-order valence-corrected chi connectivity index (χ3v) is 3.89. The van der Waals surface area contributed by atoms with Crippen molar-refractivity contribution in [1.29, 1.82) is 0 Å². The standard InChI is InChI=1S/C16H19NO3/c1-16(2,3)17-12-9-7-5-6-8(9)10-11(15(12)20-4)14(19)13(10)18/h17H,5-7H2,1-4H3. The molecule has 1 aliphatic carbocycles. The molecule has 2 aromatic rings. The summed E-state index contributed by atoms with van der Waals surface area (Å²) in [7, 11) is 1.56. The van der Waals surface area contributed by atoms with E-state index in [1.165, 1.54) is 0 Å². The minimum atomic E-state index is -0.413. The number of aryl methyl sites for hydroxylation is 1. The first kappa shape index (κ1) is 13.2. The molecular formula is C16H19NO3. The number of benzene rings is 1. The summed E-state index contributed by atoms with van der Waals surface area (Å²) in [6, 6.07) is 0. The van der Waals surface area contributed by atoms with E-state index < -0.39 is 5.43 Å². The van der Waals surface area contributed by atoms with Crippen molar-refractivity contribution in [3.8, 4) is 5.75 Å². The molecule has 4 heteroatoms. The quantitative estimate of drug-likeness (QED) is 0.852. The molecule has 4 nitrogen and oxygen atoms in total. The van der Waals surface area contributed by atoms with Gasteiger partial charge in [-0.05, 0) is 51.2 Å². The van der Waals surface area contributed by atoms with Gasteiger partial charge in [0.25, 0.3) is 0 Å². The summed E-state index contributed by atoms with van der Waals surface area (Å²) >= 11 is 0. The summed E-state index contributed by atoms with van der Waals surface area (Å²) in [5.41, 5.74) is 2.21. The maximum atomic E-state index is 11.9. The van der Waals surface area contributed by atoms with Gasteiger partial charge in [-0.1, -0.05) is 0 Å². The predicted octanol–water partition coefficient (Wildman–Crippen LogP) is 2.14. The highest BCUT2D eigenvalue weighted by molar-refractivity contribution is 6.01. The smallest absolute Gasteiger partial charge is 0.238 e. The number of methoxy groups -OCH3 is 1. The highest BCUT2D eigenvalue weighted by Gasteiger charge is 2.31. The molecule has 0 atom stereocenters. The molecule has 3 rings (SSSR count). The maximum Gasteiger partial charge on any atom is 0.238 e. The van der Waals surface area contributed by atoms with Crippen molar-refractivity contribution in [3.63, 3.8) is 0 Å². The monoisotopic (exact) mass is 273 g/mol. The van der Waals surface area contributed by atoms with Gasteiger partial charge in [0.1, 0.15) is 0 Å². The van der Waals surface area contributed by atoms with Crippen molar-refractivity contribution in [2.45, 2.75) is 45.6 Å². The van der Waals surface area contributed by atoms with Gasteiger partial charge in [-0.3, -0.25) is 9.59 Å². The maximum absolute atomic E-state index is 11.9. The molecule has 0 heterocycles. The van der Waals surface area contributed by atoms with E-state index in [-0.39, 0.29) is 11.0 Å². The molecule has 2 aromatic carbocycles. The van der Waals surface area contributed by atoms with E-state index in [0.29, 0.717) is 16.5 Å². The van der Waals surface area contributed by atoms with Crippen molar-refractivity contribution in [1.82, 2.24) is 0 Å². The van der Waals surface area contributed by atoms with Crippen LogP contribution in [0.5, 0.6) is 5.75 Å². The average Bonchev–Trinajstić information content (AvgIpc) is 2.84. The van der Waals surface area contributed by atoms with Crippen LogP contribution in [0.2, 0.25) is 0 Å². The Balaban J connectivity index is 2.37. The van der Waals surface area contributed by atoms with Crippen LogP contribution in [0.15, 0.2) is 9.59 Å². The molecule has 20 heavy (non-hydrogen) atoms. The number of ether oxygens (including phenoxy) is 1. The minimum absolute atomic E-state index is 0.130. The second-order valence-electron chi connectivity index (χ2n) is 6.50. The number of hydrogen-bond acceptors (Lipinski definition) is 4. The van der Waals surface area contributed by atoms with Crippen LogP contribution >= 0.6 is 0 Å². The van der Waals surface area contributed by atoms with Crippen LogP contribution in [0.1, 0.15) is 38.3 Å². The molecule has 0 spiro atoms. The van der Waals surface area contributed by atoms with Crippen LogP contribution in [-0.4, -0.2) is 12.6 Å². The van der Waals surface area contributed by atoms with Crippen LogP contribution < -0.4 is 20.9 Å². The highest BCUT2D eigenvalue weighted by atomic mass is 16.5. The van der Waals surface area contributed by atoms with Crippen LogP contribution in [0.4, 0.5) is 5.69 Å². The van der Waals surface area contributed by atoms with E-state index in [2.05, 4.69) is 26.1 Å². The number of rotatable bonds is 2. The Kier molecular flexibility index (Phi) is 2.68. The molecular weight excluding hydrogens is 254 g/mol. The first-order chi connectivity index (χ1) is 9.35. The van der Waals surface area contributed by atoms with Gasteiger partial charge in [-0.2, -0.15) is 0 Å². The Morgan fingerprint density at radius 1 is 1.00 bits per heavy atom. The SMILES string of the molecule is COc1c(NC(C)(C)C)c2c(c3c(=O)c(=O)c13)CCC2. The summed E-state index contributed by atoms with van der Waals surface area (Å²) in [6.45, 7) is 6.21. The van der Waals surface area contributed by atoms with E-state index in [9.17, 15) is 9.59 Å². The van der Waals surface area contributed by atoms with E-state index in [1.54, 1.807) is 7.11 Å². The van der Waals surface area contributed by atoms with Crippen molar-refractivity contribution in [2.75, 3.05) is 12.4 Å². The fraction of sp³-hybridized carbons (Fsp3) is 0.500. The molecule has 0 aromatic heterocycles. The van der Waals surface area contributed by atoms with Crippen molar-refractivity contribution in [2.24, 2.45) is 0 Å². The fourth-order valence-corrected chi connectivity index (χ4v) is 3.17. The lowest BCUT2D eigenvalue weighted by Crippen LogP contribution is -2.34. The van der Waals surface area contributed by atoms with E-state index >= 15 is 0 Å². The molecule has 0 radical (unpaired) electrons. The number of anilines is 1. The molecule has 0 saturated heterocycles. The van der Waals surface area contributed by atoms with Gasteiger partial charge in [0, 0.05) is 10.9 Å². The topological polar surface area (TPSA) is 55.4 Å². The van der Waals surface area contributed by atoms with Gasteiger partial charge < -0.3 is 10.1 Å². The Morgan fingerprint density at radius 3 is 2.20 bits per heavy atom. The zero-order chi connectivity index (χ0) is 14.7. The number of nitrogens with one attached hydrogen (secondary N) is 1. The second-order valence-corrected chi connectivity index (χ2v) is 6.50. The summed E-state index contributed by atoms with van der Waals surface area (Å²) in [4.78, 5) is 23.7. The third kappa shape index (κ3) is 1.67. The summed E-state index contributed by atoms with van der Waals surface area (Å²) in [6.07, 6.45) is 2.83. The lowest BCUT2D eigenvalue weighted by Gasteiger charge is -2.27. The van der Waals surface area contributed by atoms with Crippen molar-refractivity contribution < 1.29 is 4.74 Å². The lowest BCUT2D eigenvalue weighted by molar-refractivity contribution is 0.419. The van der Waals surface area contributed by atoms with Crippen molar-refractivity contribution in [3.05, 3.63) is 31.6 Å². The molecule has 1 aliphatic rings. The Morgan fingerprint density at radius 2 is 1.60 bits per heavy atom. The molecule has 0 aliphatic heterocycles. The zero-order valence-corrected chi connectivity index (χ0v) is 12.3. The molecule has 0 saturated carbocycles. The van der Waals surface area contributed by atoms with Gasteiger partial charge in [0.05, 0.1) is 18.2 Å². The molecule has 0 bridgehead atoms. The van der Waals surface area contributed by atoms with Crippen LogP contribution in [-0.2, 0) is 12.8 Å². The van der Waals surface area contributed by atoms with Gasteiger partial charge in [0.15, 0.2) is 5.75 Å². The van der Waals surface area contributed by atoms with E-state index in [4.69, 9.17) is 4.74 Å². The second kappa shape index (κ2) is 4.08. The Bertz CT molecular complexity index is 774. The largest absolute Gasteiger partial charge is 0.494 e. The van der Waals surface area contributed by atoms with Gasteiger partial charge in [-0.15, -0.1) is 0 Å². The lowest BCUT2D eigenvalue weighted by atomic mass is 9.92. The molecule has 0 fully saturated rings. The Hall–Kier alpha value is -1.84. The van der Waals surface area contributed by atoms with Crippen LogP contribution in [0.3, 0.4) is 0 Å². The molecule has 0 unspecified atom stereocenters. The minimum Gasteiger partial charge on any atom is -0.494 e. The van der Waals surface area contributed by atoms with E-state index in [0.717, 1.165) is 36.1 Å².